The Balaban J connectivity index is 2.23. The normalized spacial score (nSPS) is 10.5. The van der Waals surface area contributed by atoms with E-state index >= 15 is 0 Å². The van der Waals surface area contributed by atoms with Crippen LogP contribution in [0.2, 0.25) is 0 Å². The lowest BCUT2D eigenvalue weighted by Gasteiger charge is -2.22. The summed E-state index contributed by atoms with van der Waals surface area (Å²) in [5.74, 6) is 0. The SMILES string of the molecule is Cc1ccc(N(C)Cc2cccnc2CN)c(C)c1. The number of aromatic nitrogens is 1. The quantitative estimate of drug-likeness (QED) is 0.913. The molecule has 0 saturated carbocycles. The Labute approximate surface area is 115 Å². The van der Waals surface area contributed by atoms with Crippen LogP contribution in [-0.2, 0) is 13.1 Å². The molecule has 1 heterocycles. The van der Waals surface area contributed by atoms with Crippen LogP contribution in [0.4, 0.5) is 5.69 Å². The molecule has 0 radical (unpaired) electrons. The van der Waals surface area contributed by atoms with Gasteiger partial charge in [0.15, 0.2) is 0 Å². The molecular formula is C16H21N3. The third-order valence-corrected chi connectivity index (χ3v) is 3.35. The lowest BCUT2D eigenvalue weighted by Crippen LogP contribution is -2.19. The molecule has 100 valence electrons. The fourth-order valence-corrected chi connectivity index (χ4v) is 2.37. The van der Waals surface area contributed by atoms with E-state index in [1.165, 1.54) is 22.4 Å². The molecule has 0 fully saturated rings. The molecule has 2 rings (SSSR count). The lowest BCUT2D eigenvalue weighted by atomic mass is 10.1. The molecule has 0 atom stereocenters. The third kappa shape index (κ3) is 3.12. The minimum absolute atomic E-state index is 0.483. The molecule has 0 aliphatic rings. The van der Waals surface area contributed by atoms with Gasteiger partial charge in [0.1, 0.15) is 0 Å². The minimum Gasteiger partial charge on any atom is -0.370 e. The van der Waals surface area contributed by atoms with Gasteiger partial charge >= 0.3 is 0 Å². The predicted octanol–water partition coefficient (Wildman–Crippen LogP) is 2.79. The van der Waals surface area contributed by atoms with E-state index in [4.69, 9.17) is 5.73 Å². The summed E-state index contributed by atoms with van der Waals surface area (Å²) in [6.07, 6.45) is 1.79. The van der Waals surface area contributed by atoms with Crippen LogP contribution in [0.25, 0.3) is 0 Å². The molecule has 0 unspecified atom stereocenters. The number of rotatable bonds is 4. The van der Waals surface area contributed by atoms with Gasteiger partial charge in [-0.3, -0.25) is 4.98 Å². The van der Waals surface area contributed by atoms with Gasteiger partial charge < -0.3 is 10.6 Å². The second-order valence-electron chi connectivity index (χ2n) is 4.96. The van der Waals surface area contributed by atoms with E-state index in [2.05, 4.69) is 55.0 Å². The highest BCUT2D eigenvalue weighted by Crippen LogP contribution is 2.22. The summed E-state index contributed by atoms with van der Waals surface area (Å²) in [6.45, 7) is 5.57. The molecular weight excluding hydrogens is 234 g/mol. The lowest BCUT2D eigenvalue weighted by molar-refractivity contribution is 0.865. The van der Waals surface area contributed by atoms with Crippen LogP contribution in [0.15, 0.2) is 36.5 Å². The number of benzene rings is 1. The van der Waals surface area contributed by atoms with Crippen molar-refractivity contribution in [3.63, 3.8) is 0 Å². The van der Waals surface area contributed by atoms with Crippen LogP contribution in [0.5, 0.6) is 0 Å². The zero-order valence-electron chi connectivity index (χ0n) is 11.9. The number of nitrogens with zero attached hydrogens (tertiary/aromatic N) is 2. The average Bonchev–Trinajstić information content (AvgIpc) is 2.39. The van der Waals surface area contributed by atoms with Crippen molar-refractivity contribution in [1.82, 2.24) is 4.98 Å². The summed E-state index contributed by atoms with van der Waals surface area (Å²) < 4.78 is 0. The monoisotopic (exact) mass is 255 g/mol. The first-order valence-corrected chi connectivity index (χ1v) is 6.53. The molecule has 2 N–H and O–H groups in total. The fraction of sp³-hybridized carbons (Fsp3) is 0.312. The maximum Gasteiger partial charge on any atom is 0.0589 e. The largest absolute Gasteiger partial charge is 0.370 e. The van der Waals surface area contributed by atoms with Crippen molar-refractivity contribution in [2.75, 3.05) is 11.9 Å². The van der Waals surface area contributed by atoms with Crippen molar-refractivity contribution in [1.29, 1.82) is 0 Å². The number of pyridine rings is 1. The van der Waals surface area contributed by atoms with Crippen molar-refractivity contribution >= 4 is 5.69 Å². The molecule has 3 heteroatoms. The average molecular weight is 255 g/mol. The molecule has 0 aliphatic carbocycles. The van der Waals surface area contributed by atoms with Crippen LogP contribution < -0.4 is 10.6 Å². The van der Waals surface area contributed by atoms with Gasteiger partial charge in [0.2, 0.25) is 0 Å². The summed E-state index contributed by atoms with van der Waals surface area (Å²) in [5.41, 5.74) is 11.7. The van der Waals surface area contributed by atoms with Gasteiger partial charge in [0.05, 0.1) is 5.69 Å². The number of hydrogen-bond acceptors (Lipinski definition) is 3. The first-order chi connectivity index (χ1) is 9.11. The topological polar surface area (TPSA) is 42.2 Å². The van der Waals surface area contributed by atoms with E-state index in [-0.39, 0.29) is 0 Å². The van der Waals surface area contributed by atoms with E-state index in [1.54, 1.807) is 6.20 Å². The standard InChI is InChI=1S/C16H21N3/c1-12-6-7-16(13(2)9-12)19(3)11-14-5-4-8-18-15(14)10-17/h4-9H,10-11,17H2,1-3H3. The summed E-state index contributed by atoms with van der Waals surface area (Å²) in [6, 6.07) is 10.6. The second kappa shape index (κ2) is 5.85. The van der Waals surface area contributed by atoms with E-state index in [1.807, 2.05) is 6.07 Å². The van der Waals surface area contributed by atoms with Crippen LogP contribution >= 0.6 is 0 Å². The van der Waals surface area contributed by atoms with Crippen LogP contribution in [0, 0.1) is 13.8 Å². The Bertz CT molecular complexity index is 564. The van der Waals surface area contributed by atoms with Gasteiger partial charge in [-0.05, 0) is 37.1 Å². The zero-order chi connectivity index (χ0) is 13.8. The van der Waals surface area contributed by atoms with Crippen LogP contribution in [0.1, 0.15) is 22.4 Å². The Morgan fingerprint density at radius 3 is 2.68 bits per heavy atom. The first kappa shape index (κ1) is 13.6. The third-order valence-electron chi connectivity index (χ3n) is 3.35. The number of hydrogen-bond donors (Lipinski definition) is 1. The summed E-state index contributed by atoms with van der Waals surface area (Å²) in [4.78, 5) is 6.57. The Morgan fingerprint density at radius 1 is 1.21 bits per heavy atom. The molecule has 0 bridgehead atoms. The molecule has 1 aromatic heterocycles. The van der Waals surface area contributed by atoms with E-state index in [0.29, 0.717) is 6.54 Å². The summed E-state index contributed by atoms with van der Waals surface area (Å²) in [7, 11) is 2.10. The molecule has 19 heavy (non-hydrogen) atoms. The van der Waals surface area contributed by atoms with E-state index in [0.717, 1.165) is 12.2 Å². The van der Waals surface area contributed by atoms with E-state index < -0.39 is 0 Å². The number of nitrogens with two attached hydrogens (primary N) is 1. The Kier molecular flexibility index (Phi) is 4.17. The molecule has 3 nitrogen and oxygen atoms in total. The maximum absolute atomic E-state index is 5.73. The Morgan fingerprint density at radius 2 is 2.00 bits per heavy atom. The van der Waals surface area contributed by atoms with Gasteiger partial charge in [-0.25, -0.2) is 0 Å². The molecule has 0 spiro atoms. The highest BCUT2D eigenvalue weighted by molar-refractivity contribution is 5.54. The van der Waals surface area contributed by atoms with Crippen molar-refractivity contribution in [3.05, 3.63) is 58.9 Å². The molecule has 1 aromatic carbocycles. The van der Waals surface area contributed by atoms with Gasteiger partial charge in [0, 0.05) is 32.0 Å². The van der Waals surface area contributed by atoms with Crippen LogP contribution in [0.3, 0.4) is 0 Å². The van der Waals surface area contributed by atoms with Crippen LogP contribution in [-0.4, -0.2) is 12.0 Å². The minimum atomic E-state index is 0.483. The summed E-state index contributed by atoms with van der Waals surface area (Å²) in [5, 5.41) is 0. The number of aryl methyl sites for hydroxylation is 2. The zero-order valence-corrected chi connectivity index (χ0v) is 11.9. The molecule has 0 saturated heterocycles. The first-order valence-electron chi connectivity index (χ1n) is 6.53. The number of anilines is 1. The van der Waals surface area contributed by atoms with Crippen molar-refractivity contribution in [3.8, 4) is 0 Å². The van der Waals surface area contributed by atoms with Crippen molar-refractivity contribution < 1.29 is 0 Å². The second-order valence-corrected chi connectivity index (χ2v) is 4.96. The van der Waals surface area contributed by atoms with Crippen molar-refractivity contribution in [2.24, 2.45) is 5.73 Å². The molecule has 0 amide bonds. The smallest absolute Gasteiger partial charge is 0.0589 e. The van der Waals surface area contributed by atoms with Gasteiger partial charge in [-0.15, -0.1) is 0 Å². The highest BCUT2D eigenvalue weighted by atomic mass is 15.1. The fourth-order valence-electron chi connectivity index (χ4n) is 2.37. The summed E-state index contributed by atoms with van der Waals surface area (Å²) >= 11 is 0. The predicted molar refractivity (Wildman–Crippen MR) is 80.2 cm³/mol. The van der Waals surface area contributed by atoms with Gasteiger partial charge in [0.25, 0.3) is 0 Å². The highest BCUT2D eigenvalue weighted by Gasteiger charge is 2.08. The molecule has 0 aliphatic heterocycles. The maximum atomic E-state index is 5.73. The van der Waals surface area contributed by atoms with Gasteiger partial charge in [-0.2, -0.15) is 0 Å². The van der Waals surface area contributed by atoms with E-state index in [9.17, 15) is 0 Å². The molecule has 2 aromatic rings. The van der Waals surface area contributed by atoms with Crippen molar-refractivity contribution in [2.45, 2.75) is 26.9 Å². The van der Waals surface area contributed by atoms with Gasteiger partial charge in [-0.1, -0.05) is 23.8 Å². The Hall–Kier alpha value is -1.87.